The molecule has 0 aliphatic carbocycles. The van der Waals surface area contributed by atoms with E-state index in [-0.39, 0.29) is 26.2 Å². The highest BCUT2D eigenvalue weighted by atomic mass is 31.2. The average Bonchev–Trinajstić information content (AvgIpc) is 3.60. The number of phosphoric acid groups is 1. The van der Waals surface area contributed by atoms with E-state index in [1.165, 1.54) is 165 Å². The van der Waals surface area contributed by atoms with E-state index >= 15 is 0 Å². The van der Waals surface area contributed by atoms with Crippen LogP contribution < -0.4 is 17.0 Å². The maximum Gasteiger partial charge on any atom is 0.472 e. The van der Waals surface area contributed by atoms with Crippen LogP contribution in [0, 0.1) is 6.92 Å². The van der Waals surface area contributed by atoms with Gasteiger partial charge in [0.05, 0.1) is 19.3 Å². The third-order valence-corrected chi connectivity index (χ3v) is 12.4. The van der Waals surface area contributed by atoms with Crippen molar-refractivity contribution in [1.29, 1.82) is 0 Å². The first kappa shape index (κ1) is 52.8. The summed E-state index contributed by atoms with van der Waals surface area (Å²) in [6, 6.07) is 0. The van der Waals surface area contributed by atoms with Crippen LogP contribution in [0.25, 0.3) is 0 Å². The van der Waals surface area contributed by atoms with Crippen molar-refractivity contribution in [1.82, 2.24) is 9.55 Å². The lowest BCUT2D eigenvalue weighted by Crippen LogP contribution is -2.34. The smallest absolute Gasteiger partial charge is 0.379 e. The number of aromatic nitrogens is 2. The number of nitrogens with zero attached hydrogens (tertiary/aromatic N) is 1. The highest BCUT2D eigenvalue weighted by molar-refractivity contribution is 7.47. The van der Waals surface area contributed by atoms with Gasteiger partial charge in [0, 0.05) is 37.9 Å². The van der Waals surface area contributed by atoms with Gasteiger partial charge in [-0.2, -0.15) is 0 Å². The summed E-state index contributed by atoms with van der Waals surface area (Å²) in [5, 5.41) is 0. The summed E-state index contributed by atoms with van der Waals surface area (Å²) in [4.78, 5) is 37.3. The van der Waals surface area contributed by atoms with Crippen LogP contribution in [-0.4, -0.2) is 65.7 Å². The predicted octanol–water partition coefficient (Wildman–Crippen LogP) is 11.0. The van der Waals surface area contributed by atoms with Crippen LogP contribution in [0.15, 0.2) is 15.8 Å². The minimum Gasteiger partial charge on any atom is -0.379 e. The Balaban J connectivity index is 1.72. The van der Waals surface area contributed by atoms with Gasteiger partial charge in [-0.25, -0.2) is 9.36 Å². The molecule has 4 N–H and O–H groups in total. The third kappa shape index (κ3) is 25.4. The minimum atomic E-state index is -4.56. The number of aromatic amines is 1. The van der Waals surface area contributed by atoms with Crippen molar-refractivity contribution >= 4 is 7.82 Å². The van der Waals surface area contributed by atoms with Crippen LogP contribution in [0.2, 0.25) is 0 Å². The number of phosphoric ester groups is 1. The maximum absolute atomic E-state index is 13.2. The summed E-state index contributed by atoms with van der Waals surface area (Å²) in [5.41, 5.74) is 5.10. The van der Waals surface area contributed by atoms with Gasteiger partial charge < -0.3 is 24.8 Å². The second-order valence-corrected chi connectivity index (χ2v) is 18.2. The van der Waals surface area contributed by atoms with Crippen molar-refractivity contribution < 1.29 is 32.7 Å². The van der Waals surface area contributed by atoms with Crippen LogP contribution in [0.4, 0.5) is 0 Å². The molecule has 0 saturated carbocycles. The monoisotopic (exact) mass is 844 g/mol. The highest BCUT2D eigenvalue weighted by Crippen LogP contribution is 2.48. The lowest BCUT2D eigenvalue weighted by molar-refractivity contribution is -0.0488. The van der Waals surface area contributed by atoms with Crippen LogP contribution in [0.1, 0.15) is 212 Å². The zero-order chi connectivity index (χ0) is 42.1. The standard InChI is InChI=1S/C45H86N3O9P/c1-4-6-8-10-12-14-16-18-20-22-24-26-28-30-32-53-37-40(54-33-31-29-27-25-23-21-19-17-15-13-11-9-7-5-2)38-55-58(51,52)57-41-34-43(56-42(41)35-46)48-36-39(3)44(49)47-45(48)50/h36,40-43H,4-35,37-38,46H2,1-3H3,(H,51,52)(H,47,49,50)/t40?,41-,42+,43+/m0/s1. The van der Waals surface area contributed by atoms with Gasteiger partial charge in [0.1, 0.15) is 18.4 Å². The second-order valence-electron chi connectivity index (χ2n) is 16.7. The number of hydrogen-bond acceptors (Lipinski definition) is 9. The Morgan fingerprint density at radius 3 is 1.66 bits per heavy atom. The molecule has 1 aromatic rings. The number of unbranched alkanes of at least 4 members (excludes halogenated alkanes) is 26. The number of hydrogen-bond donors (Lipinski definition) is 3. The summed E-state index contributed by atoms with van der Waals surface area (Å²) < 4.78 is 43.5. The molecule has 340 valence electrons. The Hall–Kier alpha value is -1.37. The molecule has 0 radical (unpaired) electrons. The van der Waals surface area contributed by atoms with Gasteiger partial charge in [0.25, 0.3) is 5.56 Å². The number of ether oxygens (including phenoxy) is 3. The van der Waals surface area contributed by atoms with Gasteiger partial charge in [0.2, 0.25) is 0 Å². The molecule has 1 fully saturated rings. The molecule has 5 atom stereocenters. The Morgan fingerprint density at radius 2 is 1.19 bits per heavy atom. The van der Waals surface area contributed by atoms with Crippen molar-refractivity contribution in [3.05, 3.63) is 32.6 Å². The van der Waals surface area contributed by atoms with E-state index in [1.807, 2.05) is 0 Å². The van der Waals surface area contributed by atoms with Crippen LogP contribution in [0.3, 0.4) is 0 Å². The molecule has 13 heteroatoms. The number of H-pyrrole nitrogens is 1. The van der Waals surface area contributed by atoms with E-state index in [0.717, 1.165) is 25.7 Å². The maximum atomic E-state index is 13.2. The van der Waals surface area contributed by atoms with Gasteiger partial charge in [0.15, 0.2) is 0 Å². The number of aryl methyl sites for hydroxylation is 1. The van der Waals surface area contributed by atoms with Gasteiger partial charge >= 0.3 is 13.5 Å². The van der Waals surface area contributed by atoms with E-state index in [2.05, 4.69) is 18.8 Å². The molecule has 0 aromatic carbocycles. The first-order valence-corrected chi connectivity index (χ1v) is 25.2. The molecule has 12 nitrogen and oxygen atoms in total. The van der Waals surface area contributed by atoms with Gasteiger partial charge in [-0.05, 0) is 19.8 Å². The first-order chi connectivity index (χ1) is 28.2. The summed E-state index contributed by atoms with van der Waals surface area (Å²) in [7, 11) is -4.56. The Labute approximate surface area is 352 Å². The number of nitrogens with one attached hydrogen (secondary N) is 1. The van der Waals surface area contributed by atoms with E-state index in [9.17, 15) is 19.0 Å². The van der Waals surface area contributed by atoms with E-state index in [0.29, 0.717) is 18.8 Å². The largest absolute Gasteiger partial charge is 0.472 e. The molecular formula is C45H86N3O9P. The summed E-state index contributed by atoms with van der Waals surface area (Å²) in [6.07, 6.45) is 34.5. The molecule has 58 heavy (non-hydrogen) atoms. The van der Waals surface area contributed by atoms with Crippen molar-refractivity contribution in [3.8, 4) is 0 Å². The summed E-state index contributed by atoms with van der Waals surface area (Å²) in [6.45, 7) is 7.31. The van der Waals surface area contributed by atoms with Gasteiger partial charge in [-0.15, -0.1) is 0 Å². The molecule has 0 bridgehead atoms. The lowest BCUT2D eigenvalue weighted by atomic mass is 10.0. The third-order valence-electron chi connectivity index (χ3n) is 11.4. The first-order valence-electron chi connectivity index (χ1n) is 23.7. The zero-order valence-corrected chi connectivity index (χ0v) is 38.0. The fourth-order valence-corrected chi connectivity index (χ4v) is 8.66. The molecule has 2 rings (SSSR count). The normalized spacial score (nSPS) is 18.5. The SMILES string of the molecule is CCCCCCCCCCCCCCCCOCC(COP(=O)(O)O[C@H]1C[C@H](n2cc(C)c(=O)[nH]c2=O)O[C@@H]1CN)OCCCCCCCCCCCCCCCC. The van der Waals surface area contributed by atoms with Crippen LogP contribution in [-0.2, 0) is 27.8 Å². The lowest BCUT2D eigenvalue weighted by Gasteiger charge is -2.23. The quantitative estimate of drug-likeness (QED) is 0.0428. The summed E-state index contributed by atoms with van der Waals surface area (Å²) >= 11 is 0. The fraction of sp³-hybridized carbons (Fsp3) is 0.911. The molecule has 1 aromatic heterocycles. The molecule has 1 saturated heterocycles. The molecule has 0 spiro atoms. The Morgan fingerprint density at radius 1 is 0.741 bits per heavy atom. The predicted molar refractivity (Wildman–Crippen MR) is 235 cm³/mol. The van der Waals surface area contributed by atoms with Crippen molar-refractivity contribution in [3.63, 3.8) is 0 Å². The topological polar surface area (TPSA) is 164 Å². The van der Waals surface area contributed by atoms with Crippen LogP contribution >= 0.6 is 7.82 Å². The van der Waals surface area contributed by atoms with E-state index < -0.39 is 43.6 Å². The van der Waals surface area contributed by atoms with Crippen molar-refractivity contribution in [2.75, 3.05) is 33.0 Å². The number of rotatable bonds is 40. The minimum absolute atomic E-state index is 0.00369. The van der Waals surface area contributed by atoms with Gasteiger partial charge in [-0.3, -0.25) is 23.4 Å². The van der Waals surface area contributed by atoms with Crippen LogP contribution in [0.5, 0.6) is 0 Å². The van der Waals surface area contributed by atoms with Gasteiger partial charge in [-0.1, -0.05) is 181 Å². The molecule has 2 heterocycles. The van der Waals surface area contributed by atoms with Crippen molar-refractivity contribution in [2.24, 2.45) is 5.73 Å². The molecule has 0 amide bonds. The average molecular weight is 844 g/mol. The van der Waals surface area contributed by atoms with Crippen molar-refractivity contribution in [2.45, 2.75) is 232 Å². The molecule has 2 unspecified atom stereocenters. The number of nitrogens with two attached hydrogens (primary N) is 1. The van der Waals surface area contributed by atoms with E-state index in [1.54, 1.807) is 6.92 Å². The molecular weight excluding hydrogens is 757 g/mol. The Kier molecular flexibility index (Phi) is 31.2. The highest BCUT2D eigenvalue weighted by Gasteiger charge is 2.41. The molecule has 1 aliphatic heterocycles. The second kappa shape index (κ2) is 34.2. The molecule has 1 aliphatic rings. The van der Waals surface area contributed by atoms with E-state index in [4.69, 9.17) is 29.0 Å². The zero-order valence-electron chi connectivity index (χ0n) is 37.1. The summed E-state index contributed by atoms with van der Waals surface area (Å²) in [5.74, 6) is 0. The Bertz CT molecular complexity index is 1290. The fourth-order valence-electron chi connectivity index (χ4n) is 7.68.